The predicted octanol–water partition coefficient (Wildman–Crippen LogP) is 4.45. The van der Waals surface area contributed by atoms with Crippen LogP contribution in [0.1, 0.15) is 65.7 Å². The van der Waals surface area contributed by atoms with E-state index in [9.17, 15) is 9.59 Å². The van der Waals surface area contributed by atoms with Gasteiger partial charge >= 0.3 is 12.3 Å². The summed E-state index contributed by atoms with van der Waals surface area (Å²) < 4.78 is 20.3. The highest BCUT2D eigenvalue weighted by Gasteiger charge is 2.27. The first-order valence-corrected chi connectivity index (χ1v) is 8.68. The van der Waals surface area contributed by atoms with Crippen molar-refractivity contribution in [3.05, 3.63) is 0 Å². The molecule has 1 rings (SSSR count). The van der Waals surface area contributed by atoms with Crippen molar-refractivity contribution in [1.82, 2.24) is 0 Å². The molecule has 0 heterocycles. The van der Waals surface area contributed by atoms with Gasteiger partial charge in [0.25, 0.3) is 0 Å². The van der Waals surface area contributed by atoms with Crippen LogP contribution in [0.2, 0.25) is 0 Å². The number of hydrogen-bond acceptors (Lipinski definition) is 6. The molecule has 0 unspecified atom stereocenters. The van der Waals surface area contributed by atoms with Crippen LogP contribution in [0.5, 0.6) is 0 Å². The van der Waals surface area contributed by atoms with Gasteiger partial charge in [-0.05, 0) is 51.4 Å². The van der Waals surface area contributed by atoms with Crippen LogP contribution < -0.4 is 0 Å². The second kappa shape index (κ2) is 11.1. The van der Waals surface area contributed by atoms with Crippen molar-refractivity contribution in [3.8, 4) is 0 Å². The lowest BCUT2D eigenvalue weighted by Crippen LogP contribution is -2.30. The van der Waals surface area contributed by atoms with Crippen LogP contribution in [-0.2, 0) is 18.9 Å². The third-order valence-electron chi connectivity index (χ3n) is 3.80. The highest BCUT2D eigenvalue weighted by atomic mass is 16.7. The van der Waals surface area contributed by atoms with Gasteiger partial charge in [-0.2, -0.15) is 0 Å². The zero-order chi connectivity index (χ0) is 17.1. The van der Waals surface area contributed by atoms with E-state index in [-0.39, 0.29) is 12.2 Å². The smallest absolute Gasteiger partial charge is 0.435 e. The zero-order valence-corrected chi connectivity index (χ0v) is 14.5. The molecular weight excluding hydrogens is 300 g/mol. The maximum atomic E-state index is 11.6. The number of hydrogen-bond donors (Lipinski definition) is 0. The molecule has 0 saturated heterocycles. The van der Waals surface area contributed by atoms with Gasteiger partial charge in [-0.3, -0.25) is 0 Å². The Hall–Kier alpha value is -1.46. The van der Waals surface area contributed by atoms with E-state index in [1.165, 1.54) is 0 Å². The van der Waals surface area contributed by atoms with Gasteiger partial charge in [-0.1, -0.05) is 20.3 Å². The van der Waals surface area contributed by atoms with E-state index >= 15 is 0 Å². The second-order valence-corrected chi connectivity index (χ2v) is 6.31. The normalized spacial score (nSPS) is 20.9. The molecule has 0 aromatic heterocycles. The summed E-state index contributed by atoms with van der Waals surface area (Å²) in [5.41, 5.74) is 0. The molecule has 0 aromatic rings. The molecule has 1 aliphatic rings. The molecule has 0 spiro atoms. The average Bonchev–Trinajstić information content (AvgIpc) is 2.49. The maximum absolute atomic E-state index is 11.6. The van der Waals surface area contributed by atoms with Crippen molar-refractivity contribution in [2.75, 3.05) is 13.2 Å². The topological polar surface area (TPSA) is 71.1 Å². The molecule has 23 heavy (non-hydrogen) atoms. The van der Waals surface area contributed by atoms with Crippen LogP contribution in [0.25, 0.3) is 0 Å². The predicted molar refractivity (Wildman–Crippen MR) is 85.3 cm³/mol. The summed E-state index contributed by atoms with van der Waals surface area (Å²) in [5.74, 6) is 0.675. The zero-order valence-electron chi connectivity index (χ0n) is 14.5. The summed E-state index contributed by atoms with van der Waals surface area (Å²) in [6.45, 7) is 6.81. The molecule has 0 amide bonds. The van der Waals surface area contributed by atoms with Crippen molar-refractivity contribution < 1.29 is 28.5 Å². The third kappa shape index (κ3) is 9.31. The van der Waals surface area contributed by atoms with Crippen LogP contribution >= 0.6 is 0 Å². The van der Waals surface area contributed by atoms with E-state index in [4.69, 9.17) is 18.9 Å². The summed E-state index contributed by atoms with van der Waals surface area (Å²) in [5, 5.41) is 0. The fourth-order valence-corrected chi connectivity index (χ4v) is 2.54. The van der Waals surface area contributed by atoms with E-state index in [2.05, 4.69) is 13.8 Å². The van der Waals surface area contributed by atoms with E-state index in [0.29, 0.717) is 44.8 Å². The standard InChI is InChI=1S/C17H30O6/c1-4-20-16(18)22-14-8-10-15(11-9-14)23-17(19)21-12-6-5-7-13(2)3/h13-15H,4-12H2,1-3H3. The van der Waals surface area contributed by atoms with Crippen LogP contribution in [0.3, 0.4) is 0 Å². The molecule has 0 aromatic carbocycles. The SMILES string of the molecule is CCOC(=O)OC1CCC(OC(=O)OCCCCC(C)C)CC1. The molecule has 0 atom stereocenters. The fourth-order valence-electron chi connectivity index (χ4n) is 2.54. The second-order valence-electron chi connectivity index (χ2n) is 6.31. The summed E-state index contributed by atoms with van der Waals surface area (Å²) in [6.07, 6.45) is 4.23. The van der Waals surface area contributed by atoms with Gasteiger partial charge < -0.3 is 18.9 Å². The highest BCUT2D eigenvalue weighted by Crippen LogP contribution is 2.24. The largest absolute Gasteiger partial charge is 0.508 e. The Kier molecular flexibility index (Phi) is 9.48. The molecular formula is C17H30O6. The number of unbranched alkanes of at least 4 members (excludes halogenated alkanes) is 1. The minimum atomic E-state index is -0.627. The molecule has 0 N–H and O–H groups in total. The lowest BCUT2D eigenvalue weighted by atomic mass is 9.95. The minimum Gasteiger partial charge on any atom is -0.435 e. The van der Waals surface area contributed by atoms with Crippen LogP contribution in [-0.4, -0.2) is 37.7 Å². The summed E-state index contributed by atoms with van der Waals surface area (Å²) >= 11 is 0. The molecule has 6 nitrogen and oxygen atoms in total. The van der Waals surface area contributed by atoms with E-state index in [1.54, 1.807) is 6.92 Å². The first-order chi connectivity index (χ1) is 11.0. The van der Waals surface area contributed by atoms with Gasteiger partial charge in [0, 0.05) is 0 Å². The fraction of sp³-hybridized carbons (Fsp3) is 0.882. The minimum absolute atomic E-state index is 0.152. The quantitative estimate of drug-likeness (QED) is 0.483. The molecule has 0 radical (unpaired) electrons. The number of carbonyl (C=O) groups excluding carboxylic acids is 2. The molecule has 1 saturated carbocycles. The van der Waals surface area contributed by atoms with Crippen molar-refractivity contribution in [3.63, 3.8) is 0 Å². The first kappa shape index (κ1) is 19.6. The first-order valence-electron chi connectivity index (χ1n) is 8.68. The Balaban J connectivity index is 2.08. The van der Waals surface area contributed by atoms with E-state index < -0.39 is 12.3 Å². The Labute approximate surface area is 138 Å². The van der Waals surface area contributed by atoms with Crippen LogP contribution in [0.15, 0.2) is 0 Å². The van der Waals surface area contributed by atoms with Crippen molar-refractivity contribution in [2.24, 2.45) is 5.92 Å². The Morgan fingerprint density at radius 3 is 1.91 bits per heavy atom. The van der Waals surface area contributed by atoms with Crippen molar-refractivity contribution >= 4 is 12.3 Å². The molecule has 1 aliphatic carbocycles. The van der Waals surface area contributed by atoms with Gasteiger partial charge in [-0.15, -0.1) is 0 Å². The van der Waals surface area contributed by atoms with Crippen LogP contribution in [0.4, 0.5) is 9.59 Å². The molecule has 0 bridgehead atoms. The molecule has 0 aliphatic heterocycles. The van der Waals surface area contributed by atoms with Crippen LogP contribution in [0, 0.1) is 5.92 Å². The molecule has 6 heteroatoms. The lowest BCUT2D eigenvalue weighted by molar-refractivity contribution is -0.0260. The average molecular weight is 330 g/mol. The van der Waals surface area contributed by atoms with E-state index in [1.807, 2.05) is 0 Å². The number of carbonyl (C=O) groups is 2. The van der Waals surface area contributed by atoms with Gasteiger partial charge in [-0.25, -0.2) is 9.59 Å². The third-order valence-corrected chi connectivity index (χ3v) is 3.80. The van der Waals surface area contributed by atoms with Gasteiger partial charge in [0.1, 0.15) is 12.2 Å². The van der Waals surface area contributed by atoms with Gasteiger partial charge in [0.15, 0.2) is 0 Å². The summed E-state index contributed by atoms with van der Waals surface area (Å²) in [7, 11) is 0. The Morgan fingerprint density at radius 1 is 0.913 bits per heavy atom. The molecule has 1 fully saturated rings. The number of ether oxygens (including phenoxy) is 4. The molecule has 134 valence electrons. The maximum Gasteiger partial charge on any atom is 0.508 e. The van der Waals surface area contributed by atoms with Gasteiger partial charge in [0.05, 0.1) is 13.2 Å². The highest BCUT2D eigenvalue weighted by molar-refractivity contribution is 5.60. The van der Waals surface area contributed by atoms with Crippen molar-refractivity contribution in [2.45, 2.75) is 77.9 Å². The Bertz CT molecular complexity index is 347. The van der Waals surface area contributed by atoms with Gasteiger partial charge in [0.2, 0.25) is 0 Å². The summed E-state index contributed by atoms with van der Waals surface area (Å²) in [4.78, 5) is 22.8. The summed E-state index contributed by atoms with van der Waals surface area (Å²) in [6, 6.07) is 0. The Morgan fingerprint density at radius 2 is 1.43 bits per heavy atom. The monoisotopic (exact) mass is 330 g/mol. The number of rotatable bonds is 8. The lowest BCUT2D eigenvalue weighted by Gasteiger charge is -2.27. The van der Waals surface area contributed by atoms with Crippen molar-refractivity contribution in [1.29, 1.82) is 0 Å². The van der Waals surface area contributed by atoms with E-state index in [0.717, 1.165) is 19.3 Å².